The van der Waals surface area contributed by atoms with E-state index in [9.17, 15) is 8.78 Å². The van der Waals surface area contributed by atoms with E-state index < -0.39 is 6.29 Å². The average molecular weight is 354 g/mol. The number of pyridine rings is 1. The maximum atomic E-state index is 12.9. The van der Waals surface area contributed by atoms with E-state index in [1.165, 1.54) is 24.3 Å². The van der Waals surface area contributed by atoms with E-state index in [1.54, 1.807) is 0 Å². The van der Waals surface area contributed by atoms with Gasteiger partial charge in [0.25, 0.3) is 0 Å². The van der Waals surface area contributed by atoms with Crippen LogP contribution in [0, 0.1) is 0 Å². The summed E-state index contributed by atoms with van der Waals surface area (Å²) in [4.78, 5) is 3.96. The molecule has 0 unspecified atom stereocenters. The van der Waals surface area contributed by atoms with Crippen LogP contribution in [0.5, 0.6) is 11.5 Å². The molecule has 0 aliphatic carbocycles. The van der Waals surface area contributed by atoms with Crippen molar-refractivity contribution < 1.29 is 18.3 Å². The highest BCUT2D eigenvalue weighted by Gasteiger charge is 2.43. The smallest absolute Gasteiger partial charge is 0.395 e. The minimum atomic E-state index is -3.67. The molecule has 9 heteroatoms. The summed E-state index contributed by atoms with van der Waals surface area (Å²) in [5.74, 6) is 0.0802. The SMILES string of the molecule is FC1(F)Oc2ccc(Nc3nc(Cl)c(Cl)cc3Cl)cc2O1. The Morgan fingerprint density at radius 3 is 2.48 bits per heavy atom. The zero-order chi connectivity index (χ0) is 15.2. The Bertz CT molecular complexity index is 728. The predicted octanol–water partition coefficient (Wildman–Crippen LogP) is 5.11. The molecule has 4 nitrogen and oxygen atoms in total. The summed E-state index contributed by atoms with van der Waals surface area (Å²) in [5, 5.41) is 3.33. The predicted molar refractivity (Wildman–Crippen MR) is 75.2 cm³/mol. The summed E-state index contributed by atoms with van der Waals surface area (Å²) >= 11 is 17.5. The maximum absolute atomic E-state index is 12.9. The van der Waals surface area contributed by atoms with Crippen molar-refractivity contribution in [1.29, 1.82) is 0 Å². The molecule has 0 bridgehead atoms. The Kier molecular flexibility index (Phi) is 3.47. The van der Waals surface area contributed by atoms with Crippen LogP contribution in [-0.4, -0.2) is 11.3 Å². The number of aromatic nitrogens is 1. The molecule has 2 heterocycles. The molecule has 0 fully saturated rings. The Labute approximate surface area is 132 Å². The highest BCUT2D eigenvalue weighted by Crippen LogP contribution is 2.43. The van der Waals surface area contributed by atoms with Crippen LogP contribution in [0.25, 0.3) is 0 Å². The number of alkyl halides is 2. The summed E-state index contributed by atoms with van der Waals surface area (Å²) in [5.41, 5.74) is 0.419. The third kappa shape index (κ3) is 2.92. The third-order valence-electron chi connectivity index (χ3n) is 2.55. The van der Waals surface area contributed by atoms with E-state index in [0.717, 1.165) is 0 Å². The quantitative estimate of drug-likeness (QED) is 0.762. The van der Waals surface area contributed by atoms with Crippen molar-refractivity contribution in [2.45, 2.75) is 6.29 Å². The monoisotopic (exact) mass is 352 g/mol. The average Bonchev–Trinajstić information content (AvgIpc) is 2.69. The molecule has 3 rings (SSSR count). The van der Waals surface area contributed by atoms with Crippen LogP contribution < -0.4 is 14.8 Å². The Morgan fingerprint density at radius 2 is 1.71 bits per heavy atom. The molecule has 1 aliphatic rings. The van der Waals surface area contributed by atoms with Gasteiger partial charge < -0.3 is 14.8 Å². The molecule has 110 valence electrons. The largest absolute Gasteiger partial charge is 0.586 e. The summed E-state index contributed by atoms with van der Waals surface area (Å²) in [6.45, 7) is 0. The van der Waals surface area contributed by atoms with Gasteiger partial charge in [-0.3, -0.25) is 0 Å². The molecule has 21 heavy (non-hydrogen) atoms. The van der Waals surface area contributed by atoms with Crippen LogP contribution in [0.2, 0.25) is 15.2 Å². The van der Waals surface area contributed by atoms with Crippen molar-refractivity contribution in [2.24, 2.45) is 0 Å². The standard InChI is InChI=1S/C12H5Cl3F2N2O2/c13-6-4-7(14)11(19-10(6)15)18-5-1-2-8-9(3-5)21-12(16,17)20-8/h1-4H,(H,18,19). The van der Waals surface area contributed by atoms with Crippen LogP contribution in [0.3, 0.4) is 0 Å². The number of nitrogens with one attached hydrogen (secondary N) is 1. The first-order valence-corrected chi connectivity index (χ1v) is 6.66. The highest BCUT2D eigenvalue weighted by molar-refractivity contribution is 6.43. The molecule has 2 aromatic rings. The summed E-state index contributed by atoms with van der Waals surface area (Å²) in [6, 6.07) is 5.59. The van der Waals surface area contributed by atoms with Crippen LogP contribution in [-0.2, 0) is 0 Å². The van der Waals surface area contributed by atoms with E-state index in [1.807, 2.05) is 0 Å². The zero-order valence-electron chi connectivity index (χ0n) is 9.96. The van der Waals surface area contributed by atoms with Gasteiger partial charge >= 0.3 is 6.29 Å². The topological polar surface area (TPSA) is 43.4 Å². The first-order valence-electron chi connectivity index (χ1n) is 5.52. The zero-order valence-corrected chi connectivity index (χ0v) is 12.2. The molecule has 0 spiro atoms. The number of nitrogens with zero attached hydrogens (tertiary/aromatic N) is 1. The lowest BCUT2D eigenvalue weighted by molar-refractivity contribution is -0.286. The summed E-state index contributed by atoms with van der Waals surface area (Å²) < 4.78 is 34.5. The second-order valence-electron chi connectivity index (χ2n) is 4.05. The van der Waals surface area contributed by atoms with Crippen molar-refractivity contribution in [3.8, 4) is 11.5 Å². The van der Waals surface area contributed by atoms with Gasteiger partial charge in [0.05, 0.1) is 10.0 Å². The second-order valence-corrected chi connectivity index (χ2v) is 5.22. The lowest BCUT2D eigenvalue weighted by atomic mass is 10.3. The number of halogens is 5. The number of hydrogen-bond donors (Lipinski definition) is 1. The second kappa shape index (κ2) is 5.05. The van der Waals surface area contributed by atoms with Crippen LogP contribution >= 0.6 is 34.8 Å². The van der Waals surface area contributed by atoms with Gasteiger partial charge in [0.2, 0.25) is 0 Å². The van der Waals surface area contributed by atoms with E-state index in [4.69, 9.17) is 34.8 Å². The molecule has 1 aromatic carbocycles. The van der Waals surface area contributed by atoms with Crippen molar-refractivity contribution in [1.82, 2.24) is 4.98 Å². The van der Waals surface area contributed by atoms with E-state index in [-0.39, 0.29) is 32.5 Å². The van der Waals surface area contributed by atoms with Gasteiger partial charge in [-0.15, -0.1) is 8.78 Å². The van der Waals surface area contributed by atoms with Gasteiger partial charge in [0.1, 0.15) is 5.15 Å². The van der Waals surface area contributed by atoms with Gasteiger partial charge in [0.15, 0.2) is 17.3 Å². The normalized spacial score (nSPS) is 15.1. The van der Waals surface area contributed by atoms with E-state index in [2.05, 4.69) is 19.8 Å². The van der Waals surface area contributed by atoms with Crippen molar-refractivity contribution in [3.63, 3.8) is 0 Å². The Hall–Kier alpha value is -1.50. The Balaban J connectivity index is 1.89. The highest BCUT2D eigenvalue weighted by atomic mass is 35.5. The molecule has 1 aliphatic heterocycles. The first kappa shape index (κ1) is 14.4. The number of ether oxygens (including phenoxy) is 2. The summed E-state index contributed by atoms with van der Waals surface area (Å²) in [7, 11) is 0. The molecule has 1 N–H and O–H groups in total. The number of rotatable bonds is 2. The molecular formula is C12H5Cl3F2N2O2. The van der Waals surface area contributed by atoms with Crippen molar-refractivity contribution in [3.05, 3.63) is 39.5 Å². The third-order valence-corrected chi connectivity index (χ3v) is 3.51. The summed E-state index contributed by atoms with van der Waals surface area (Å²) in [6.07, 6.45) is -3.67. The lowest BCUT2D eigenvalue weighted by Crippen LogP contribution is -2.25. The van der Waals surface area contributed by atoms with E-state index >= 15 is 0 Å². The van der Waals surface area contributed by atoms with Crippen molar-refractivity contribution >= 4 is 46.3 Å². The van der Waals surface area contributed by atoms with Gasteiger partial charge in [-0.05, 0) is 18.2 Å². The minimum absolute atomic E-state index is 0.0567. The molecule has 0 saturated carbocycles. The molecular weight excluding hydrogens is 348 g/mol. The lowest BCUT2D eigenvalue weighted by Gasteiger charge is -2.09. The number of anilines is 2. The van der Waals surface area contributed by atoms with Crippen LogP contribution in [0.15, 0.2) is 24.3 Å². The van der Waals surface area contributed by atoms with Gasteiger partial charge in [0, 0.05) is 11.8 Å². The van der Waals surface area contributed by atoms with Gasteiger partial charge in [-0.1, -0.05) is 34.8 Å². The molecule has 0 amide bonds. The fraction of sp³-hybridized carbons (Fsp3) is 0.0833. The number of hydrogen-bond acceptors (Lipinski definition) is 4. The fourth-order valence-electron chi connectivity index (χ4n) is 1.70. The van der Waals surface area contributed by atoms with Gasteiger partial charge in [-0.2, -0.15) is 0 Å². The number of benzene rings is 1. The molecule has 1 aromatic heterocycles. The molecule has 0 radical (unpaired) electrons. The molecule has 0 atom stereocenters. The maximum Gasteiger partial charge on any atom is 0.586 e. The Morgan fingerprint density at radius 1 is 1.00 bits per heavy atom. The van der Waals surface area contributed by atoms with Crippen LogP contribution in [0.1, 0.15) is 0 Å². The fourth-order valence-corrected chi connectivity index (χ4v) is 2.24. The number of fused-ring (bicyclic) bond motifs is 1. The van der Waals surface area contributed by atoms with Crippen molar-refractivity contribution in [2.75, 3.05) is 5.32 Å². The van der Waals surface area contributed by atoms with Gasteiger partial charge in [-0.25, -0.2) is 4.98 Å². The molecule has 0 saturated heterocycles. The first-order chi connectivity index (χ1) is 9.84. The van der Waals surface area contributed by atoms with Crippen LogP contribution in [0.4, 0.5) is 20.3 Å². The van der Waals surface area contributed by atoms with E-state index in [0.29, 0.717) is 5.69 Å². The minimum Gasteiger partial charge on any atom is -0.395 e.